The van der Waals surface area contributed by atoms with Crippen LogP contribution >= 0.6 is 0 Å². The average molecular weight is 145 g/mol. The molecule has 0 aromatic carbocycles. The highest BCUT2D eigenvalue weighted by Gasteiger charge is 2.18. The van der Waals surface area contributed by atoms with Gasteiger partial charge in [-0.25, -0.2) is 0 Å². The molecule has 0 aromatic rings. The number of likely N-dealkylation sites (N-methyl/N-ethyl adjacent to an activating group) is 1. The summed E-state index contributed by atoms with van der Waals surface area (Å²) < 4.78 is 5.33. The molecule has 1 atom stereocenters. The van der Waals surface area contributed by atoms with Crippen molar-refractivity contribution in [3.8, 4) is 0 Å². The van der Waals surface area contributed by atoms with Crippen LogP contribution in [0.4, 0.5) is 0 Å². The highest BCUT2D eigenvalue weighted by Crippen LogP contribution is 2.09. The van der Waals surface area contributed by atoms with Crippen molar-refractivity contribution in [3.05, 3.63) is 0 Å². The Morgan fingerprint density at radius 2 is 2.50 bits per heavy atom. The van der Waals surface area contributed by atoms with Crippen LogP contribution in [0, 0.1) is 0 Å². The lowest BCUT2D eigenvalue weighted by Crippen LogP contribution is -2.20. The Labute approximate surface area is 61.6 Å². The smallest absolute Gasteiger partial charge is 0.0715 e. The minimum atomic E-state index is 0.139. The van der Waals surface area contributed by atoms with Gasteiger partial charge in [-0.05, 0) is 13.5 Å². The van der Waals surface area contributed by atoms with Crippen molar-refractivity contribution in [2.75, 3.05) is 33.4 Å². The summed E-state index contributed by atoms with van der Waals surface area (Å²) in [5.74, 6) is 0. The molecular weight excluding hydrogens is 130 g/mol. The summed E-state index contributed by atoms with van der Waals surface area (Å²) in [5, 5.41) is 8.45. The molecule has 1 aliphatic heterocycles. The van der Waals surface area contributed by atoms with Crippen molar-refractivity contribution in [1.29, 1.82) is 0 Å². The normalized spacial score (nSPS) is 27.6. The van der Waals surface area contributed by atoms with E-state index in [1.807, 2.05) is 0 Å². The second-order valence-electron chi connectivity index (χ2n) is 2.77. The van der Waals surface area contributed by atoms with Gasteiger partial charge in [-0.2, -0.15) is 0 Å². The van der Waals surface area contributed by atoms with Crippen LogP contribution in [0.15, 0.2) is 0 Å². The summed E-state index contributed by atoms with van der Waals surface area (Å²) in [4.78, 5) is 2.24. The van der Waals surface area contributed by atoms with Crippen LogP contribution in [0.3, 0.4) is 0 Å². The van der Waals surface area contributed by atoms with E-state index in [1.165, 1.54) is 0 Å². The Morgan fingerprint density at radius 1 is 1.70 bits per heavy atom. The first kappa shape index (κ1) is 7.98. The molecule has 3 nitrogen and oxygen atoms in total. The van der Waals surface area contributed by atoms with Gasteiger partial charge in [0.05, 0.1) is 19.3 Å². The number of hydrogen-bond acceptors (Lipinski definition) is 3. The third kappa shape index (κ3) is 2.25. The van der Waals surface area contributed by atoms with E-state index in [-0.39, 0.29) is 6.61 Å². The lowest BCUT2D eigenvalue weighted by molar-refractivity contribution is 0.0354. The molecule has 1 aliphatic rings. The Morgan fingerprint density at radius 3 is 3.00 bits per heavy atom. The van der Waals surface area contributed by atoms with Gasteiger partial charge in [0.1, 0.15) is 0 Å². The molecular formula is C7H15NO2. The Kier molecular flexibility index (Phi) is 3.12. The molecule has 60 valence electrons. The molecule has 1 fully saturated rings. The number of nitrogens with zero attached hydrogens (tertiary/aromatic N) is 1. The molecule has 0 spiro atoms. The van der Waals surface area contributed by atoms with Crippen molar-refractivity contribution in [2.24, 2.45) is 0 Å². The summed E-state index contributed by atoms with van der Waals surface area (Å²) in [6.07, 6.45) is 1.47. The second-order valence-corrected chi connectivity index (χ2v) is 2.77. The van der Waals surface area contributed by atoms with Gasteiger partial charge in [0.15, 0.2) is 0 Å². The first-order valence-corrected chi connectivity index (χ1v) is 3.74. The molecule has 0 unspecified atom stereocenters. The fraction of sp³-hybridized carbons (Fsp3) is 1.00. The quantitative estimate of drug-likeness (QED) is 0.592. The highest BCUT2D eigenvalue weighted by atomic mass is 16.5. The van der Waals surface area contributed by atoms with Crippen LogP contribution in [-0.4, -0.2) is 49.5 Å². The van der Waals surface area contributed by atoms with Crippen LogP contribution in [0.2, 0.25) is 0 Å². The van der Waals surface area contributed by atoms with Crippen molar-refractivity contribution < 1.29 is 9.84 Å². The largest absolute Gasteiger partial charge is 0.394 e. The number of hydrogen-bond donors (Lipinski definition) is 1. The molecule has 1 rings (SSSR count). The first-order chi connectivity index (χ1) is 4.83. The molecule has 3 heteroatoms. The maximum atomic E-state index is 8.45. The van der Waals surface area contributed by atoms with Crippen LogP contribution < -0.4 is 0 Å². The van der Waals surface area contributed by atoms with Crippen molar-refractivity contribution in [3.63, 3.8) is 0 Å². The number of aliphatic hydroxyl groups excluding tert-OH is 1. The summed E-state index contributed by atoms with van der Waals surface area (Å²) in [5.41, 5.74) is 0. The molecule has 1 saturated heterocycles. The number of aliphatic hydroxyl groups is 1. The van der Waals surface area contributed by atoms with E-state index in [0.717, 1.165) is 19.5 Å². The Balaban J connectivity index is 2.06. The molecule has 0 bridgehead atoms. The van der Waals surface area contributed by atoms with Gasteiger partial charge < -0.3 is 14.7 Å². The van der Waals surface area contributed by atoms with Gasteiger partial charge in [-0.3, -0.25) is 0 Å². The third-order valence-corrected chi connectivity index (χ3v) is 1.79. The van der Waals surface area contributed by atoms with E-state index >= 15 is 0 Å². The van der Waals surface area contributed by atoms with Crippen LogP contribution in [0.5, 0.6) is 0 Å². The molecule has 1 heterocycles. The monoisotopic (exact) mass is 145 g/mol. The van der Waals surface area contributed by atoms with Gasteiger partial charge in [-0.15, -0.1) is 0 Å². The summed E-state index contributed by atoms with van der Waals surface area (Å²) in [6, 6.07) is 0. The van der Waals surface area contributed by atoms with E-state index in [2.05, 4.69) is 11.9 Å². The molecule has 0 aromatic heterocycles. The predicted molar refractivity (Wildman–Crippen MR) is 38.9 cm³/mol. The van der Waals surface area contributed by atoms with Crippen molar-refractivity contribution >= 4 is 0 Å². The minimum Gasteiger partial charge on any atom is -0.394 e. The third-order valence-electron chi connectivity index (χ3n) is 1.79. The van der Waals surface area contributed by atoms with Gasteiger partial charge >= 0.3 is 0 Å². The molecule has 0 aliphatic carbocycles. The van der Waals surface area contributed by atoms with Gasteiger partial charge in [0.2, 0.25) is 0 Å². The van der Waals surface area contributed by atoms with Crippen molar-refractivity contribution in [1.82, 2.24) is 4.90 Å². The van der Waals surface area contributed by atoms with E-state index in [1.54, 1.807) is 0 Å². The van der Waals surface area contributed by atoms with E-state index in [4.69, 9.17) is 9.84 Å². The van der Waals surface area contributed by atoms with E-state index in [9.17, 15) is 0 Å². The molecule has 0 saturated carbocycles. The highest BCUT2D eigenvalue weighted by molar-refractivity contribution is 4.72. The van der Waals surface area contributed by atoms with Crippen LogP contribution in [0.1, 0.15) is 6.42 Å². The molecule has 0 amide bonds. The zero-order chi connectivity index (χ0) is 7.40. The maximum absolute atomic E-state index is 8.45. The molecule has 1 N–H and O–H groups in total. The number of ether oxygens (including phenoxy) is 1. The van der Waals surface area contributed by atoms with Gasteiger partial charge in [-0.1, -0.05) is 0 Å². The Hall–Kier alpha value is -0.120. The topological polar surface area (TPSA) is 32.7 Å². The minimum absolute atomic E-state index is 0.139. The lowest BCUT2D eigenvalue weighted by Gasteiger charge is -2.09. The summed E-state index contributed by atoms with van der Waals surface area (Å²) in [6.45, 7) is 2.76. The lowest BCUT2D eigenvalue weighted by atomic mass is 10.3. The number of rotatable bonds is 3. The summed E-state index contributed by atoms with van der Waals surface area (Å²) >= 11 is 0. The van der Waals surface area contributed by atoms with E-state index in [0.29, 0.717) is 12.7 Å². The van der Waals surface area contributed by atoms with Crippen molar-refractivity contribution in [2.45, 2.75) is 12.5 Å². The predicted octanol–water partition coefficient (Wildman–Crippen LogP) is -0.301. The van der Waals surface area contributed by atoms with Gasteiger partial charge in [0.25, 0.3) is 0 Å². The van der Waals surface area contributed by atoms with E-state index < -0.39 is 0 Å². The average Bonchev–Trinajstić information content (AvgIpc) is 2.31. The molecule has 10 heavy (non-hydrogen) atoms. The first-order valence-electron chi connectivity index (χ1n) is 3.74. The second kappa shape index (κ2) is 3.91. The summed E-state index contributed by atoms with van der Waals surface area (Å²) in [7, 11) is 2.09. The SMILES string of the molecule is CN1CC[C@@H](OCCO)C1. The standard InChI is InChI=1S/C7H15NO2/c1-8-3-2-7(6-8)10-5-4-9/h7,9H,2-6H2,1H3/t7-/m1/s1. The van der Waals surface area contributed by atoms with Gasteiger partial charge in [0, 0.05) is 13.1 Å². The zero-order valence-electron chi connectivity index (χ0n) is 6.42. The zero-order valence-corrected chi connectivity index (χ0v) is 6.42. The molecule has 0 radical (unpaired) electrons. The fourth-order valence-corrected chi connectivity index (χ4v) is 1.25. The Bertz CT molecular complexity index is 97.6. The maximum Gasteiger partial charge on any atom is 0.0715 e. The van der Waals surface area contributed by atoms with Crippen LogP contribution in [-0.2, 0) is 4.74 Å². The fourth-order valence-electron chi connectivity index (χ4n) is 1.25. The number of likely N-dealkylation sites (tertiary alicyclic amines) is 1. The van der Waals surface area contributed by atoms with Crippen LogP contribution in [0.25, 0.3) is 0 Å².